The van der Waals surface area contributed by atoms with E-state index in [0.717, 1.165) is 5.56 Å². The molecular formula is C27H29N5O5. The highest BCUT2D eigenvalue weighted by atomic mass is 16.7. The number of hydrogen-bond acceptors (Lipinski definition) is 8. The van der Waals surface area contributed by atoms with Crippen LogP contribution in [0.2, 0.25) is 0 Å². The van der Waals surface area contributed by atoms with Crippen LogP contribution in [-0.4, -0.2) is 62.1 Å². The van der Waals surface area contributed by atoms with Crippen molar-refractivity contribution < 1.29 is 24.1 Å². The quantitative estimate of drug-likeness (QED) is 0.434. The summed E-state index contributed by atoms with van der Waals surface area (Å²) in [5, 5.41) is 14.1. The molecule has 2 aromatic heterocycles. The molecule has 10 heteroatoms. The molecule has 2 aliphatic rings. The fourth-order valence-corrected chi connectivity index (χ4v) is 4.51. The van der Waals surface area contributed by atoms with E-state index in [-0.39, 0.29) is 24.4 Å². The number of ether oxygens (including phenoxy) is 3. The molecule has 2 saturated heterocycles. The van der Waals surface area contributed by atoms with Crippen LogP contribution in [0, 0.1) is 0 Å². The fraction of sp³-hybridized carbons (Fsp3) is 0.333. The van der Waals surface area contributed by atoms with Gasteiger partial charge < -0.3 is 29.2 Å². The minimum absolute atomic E-state index is 0.228. The summed E-state index contributed by atoms with van der Waals surface area (Å²) in [6.45, 7) is 4.54. The number of nitrogens with zero attached hydrogens (tertiary/aromatic N) is 4. The molecule has 1 amide bonds. The minimum Gasteiger partial charge on any atom is -0.388 e. The molecule has 10 nitrogen and oxygen atoms in total. The lowest BCUT2D eigenvalue weighted by Gasteiger charge is -2.45. The van der Waals surface area contributed by atoms with Gasteiger partial charge in [-0.15, -0.1) is 0 Å². The molecule has 6 rings (SSSR count). The zero-order chi connectivity index (χ0) is 25.8. The molecule has 0 spiro atoms. The normalized spacial score (nSPS) is 25.0. The van der Waals surface area contributed by atoms with Crippen molar-refractivity contribution in [3.8, 4) is 0 Å². The number of rotatable bonds is 4. The number of aliphatic hydroxyl groups is 1. The van der Waals surface area contributed by atoms with E-state index >= 15 is 0 Å². The largest absolute Gasteiger partial charge is 0.388 e. The number of imidazole rings is 1. The lowest BCUT2D eigenvalue weighted by atomic mass is 9.97. The van der Waals surface area contributed by atoms with Crippen molar-refractivity contribution in [1.82, 2.24) is 19.5 Å². The topological polar surface area (TPSA) is 121 Å². The monoisotopic (exact) mass is 503 g/mol. The molecule has 192 valence electrons. The van der Waals surface area contributed by atoms with Crippen LogP contribution in [0.4, 0.5) is 5.82 Å². The van der Waals surface area contributed by atoms with E-state index in [9.17, 15) is 9.90 Å². The van der Waals surface area contributed by atoms with E-state index in [2.05, 4.69) is 20.3 Å². The summed E-state index contributed by atoms with van der Waals surface area (Å²) in [5.74, 6) is -0.00950. The maximum Gasteiger partial charge on any atom is 0.256 e. The predicted octanol–water partition coefficient (Wildman–Crippen LogP) is 3.52. The first-order chi connectivity index (χ1) is 18.2. The van der Waals surface area contributed by atoms with Crippen molar-refractivity contribution in [2.45, 2.75) is 44.5 Å². The highest BCUT2D eigenvalue weighted by Crippen LogP contribution is 2.36. The average molecular weight is 504 g/mol. The molecule has 4 heterocycles. The third-order valence-corrected chi connectivity index (χ3v) is 6.33. The van der Waals surface area contributed by atoms with E-state index in [1.165, 1.54) is 6.33 Å². The van der Waals surface area contributed by atoms with Crippen LogP contribution < -0.4 is 5.32 Å². The van der Waals surface area contributed by atoms with Crippen LogP contribution in [0.1, 0.15) is 42.1 Å². The van der Waals surface area contributed by atoms with Gasteiger partial charge in [0.1, 0.15) is 24.6 Å². The summed E-state index contributed by atoms with van der Waals surface area (Å²) in [6.07, 6.45) is 0.477. The zero-order valence-electron chi connectivity index (χ0n) is 20.6. The van der Waals surface area contributed by atoms with Crippen molar-refractivity contribution in [2.75, 3.05) is 18.5 Å². The van der Waals surface area contributed by atoms with Crippen molar-refractivity contribution in [2.24, 2.45) is 0 Å². The zero-order valence-corrected chi connectivity index (χ0v) is 20.6. The molecule has 2 N–H and O–H groups in total. The van der Waals surface area contributed by atoms with Gasteiger partial charge in [0.05, 0.1) is 25.6 Å². The second-order valence-electron chi connectivity index (χ2n) is 8.47. The first-order valence-corrected chi connectivity index (χ1v) is 12.3. The maximum atomic E-state index is 12.6. The van der Waals surface area contributed by atoms with Crippen LogP contribution in [0.25, 0.3) is 11.2 Å². The van der Waals surface area contributed by atoms with Gasteiger partial charge in [-0.3, -0.25) is 4.79 Å². The first kappa shape index (κ1) is 25.0. The van der Waals surface area contributed by atoms with E-state index in [1.54, 1.807) is 35.2 Å². The SMILES string of the molecule is CC.O=C(Nc1ncnc2c1ncn2C1COC2COC(c3ccccc3)OC2C1O)c1ccccc1. The number of fused-ring (bicyclic) bond motifs is 2. The Balaban J connectivity index is 0.00000137. The number of amides is 1. The van der Waals surface area contributed by atoms with E-state index < -0.39 is 24.5 Å². The molecule has 0 aliphatic carbocycles. The van der Waals surface area contributed by atoms with Crippen molar-refractivity contribution >= 4 is 22.9 Å². The Hall–Kier alpha value is -3.70. The molecule has 37 heavy (non-hydrogen) atoms. The molecule has 5 unspecified atom stereocenters. The van der Waals surface area contributed by atoms with Crippen LogP contribution in [0.15, 0.2) is 73.3 Å². The van der Waals surface area contributed by atoms with Crippen LogP contribution >= 0.6 is 0 Å². The van der Waals surface area contributed by atoms with E-state index in [4.69, 9.17) is 14.2 Å². The summed E-state index contributed by atoms with van der Waals surface area (Å²) in [6, 6.07) is 17.9. The Morgan fingerprint density at radius 1 is 0.973 bits per heavy atom. The number of carbonyl (C=O) groups is 1. The van der Waals surface area contributed by atoms with Crippen LogP contribution in [0.5, 0.6) is 0 Å². The fourth-order valence-electron chi connectivity index (χ4n) is 4.51. The van der Waals surface area contributed by atoms with Gasteiger partial charge in [0.25, 0.3) is 5.91 Å². The van der Waals surface area contributed by atoms with Crippen molar-refractivity contribution in [1.29, 1.82) is 0 Å². The molecule has 0 saturated carbocycles. The van der Waals surface area contributed by atoms with Crippen LogP contribution in [0.3, 0.4) is 0 Å². The lowest BCUT2D eigenvalue weighted by Crippen LogP contribution is -2.56. The summed E-state index contributed by atoms with van der Waals surface area (Å²) >= 11 is 0. The Labute approximate surface area is 214 Å². The summed E-state index contributed by atoms with van der Waals surface area (Å²) in [4.78, 5) is 25.6. The third-order valence-electron chi connectivity index (χ3n) is 6.33. The second-order valence-corrected chi connectivity index (χ2v) is 8.47. The maximum absolute atomic E-state index is 12.6. The van der Waals surface area contributed by atoms with Gasteiger partial charge >= 0.3 is 0 Å². The van der Waals surface area contributed by atoms with E-state index in [0.29, 0.717) is 23.3 Å². The number of benzene rings is 2. The highest BCUT2D eigenvalue weighted by Gasteiger charge is 2.46. The van der Waals surface area contributed by atoms with Crippen molar-refractivity contribution in [3.63, 3.8) is 0 Å². The standard InChI is InChI=1S/C25H23N5O5.C2H6/c31-20-17(11-33-18-12-34-25(35-21(18)20)16-9-5-2-6-10-16)30-14-28-19-22(26-13-27-23(19)30)29-24(32)15-7-3-1-4-8-15;1-2/h1-10,13-14,17-18,20-21,25,31H,11-12H2,(H,26,27,29,32);1-2H3. The molecule has 5 atom stereocenters. The van der Waals surface area contributed by atoms with E-state index in [1.807, 2.05) is 50.2 Å². The number of anilines is 1. The lowest BCUT2D eigenvalue weighted by molar-refractivity contribution is -0.306. The molecule has 0 radical (unpaired) electrons. The smallest absolute Gasteiger partial charge is 0.256 e. The van der Waals surface area contributed by atoms with Gasteiger partial charge in [-0.05, 0) is 12.1 Å². The number of nitrogens with one attached hydrogen (secondary N) is 1. The van der Waals surface area contributed by atoms with Crippen LogP contribution in [-0.2, 0) is 14.2 Å². The second kappa shape index (κ2) is 11.1. The van der Waals surface area contributed by atoms with Gasteiger partial charge in [0, 0.05) is 11.1 Å². The first-order valence-electron chi connectivity index (χ1n) is 12.3. The molecule has 2 aliphatic heterocycles. The number of hydrogen-bond donors (Lipinski definition) is 2. The summed E-state index contributed by atoms with van der Waals surface area (Å²) in [7, 11) is 0. The number of carbonyl (C=O) groups excluding carboxylic acids is 1. The van der Waals surface area contributed by atoms with Crippen molar-refractivity contribution in [3.05, 3.63) is 84.4 Å². The van der Waals surface area contributed by atoms with Gasteiger partial charge in [-0.1, -0.05) is 62.4 Å². The molecule has 2 aromatic carbocycles. The number of aromatic nitrogens is 4. The van der Waals surface area contributed by atoms with Gasteiger partial charge in [0.15, 0.2) is 23.3 Å². The third kappa shape index (κ3) is 4.96. The summed E-state index contributed by atoms with van der Waals surface area (Å²) in [5.41, 5.74) is 2.27. The molecule has 2 fully saturated rings. The van der Waals surface area contributed by atoms with Gasteiger partial charge in [0.2, 0.25) is 0 Å². The average Bonchev–Trinajstić information content (AvgIpc) is 3.40. The predicted molar refractivity (Wildman–Crippen MR) is 136 cm³/mol. The highest BCUT2D eigenvalue weighted by molar-refractivity contribution is 6.06. The number of aliphatic hydroxyl groups excluding tert-OH is 1. The van der Waals surface area contributed by atoms with Gasteiger partial charge in [-0.25, -0.2) is 15.0 Å². The van der Waals surface area contributed by atoms with Gasteiger partial charge in [-0.2, -0.15) is 0 Å². The molecular weight excluding hydrogens is 474 g/mol. The molecule has 4 aromatic rings. The Bertz CT molecular complexity index is 1330. The summed E-state index contributed by atoms with van der Waals surface area (Å²) < 4.78 is 19.7. The Morgan fingerprint density at radius 2 is 1.70 bits per heavy atom. The minimum atomic E-state index is -0.890. The molecule has 0 bridgehead atoms. The Morgan fingerprint density at radius 3 is 2.46 bits per heavy atom. The Kier molecular flexibility index (Phi) is 7.52.